The van der Waals surface area contributed by atoms with Crippen LogP contribution in [-0.2, 0) is 6.18 Å². The second-order valence-corrected chi connectivity index (χ2v) is 6.85. The van der Waals surface area contributed by atoms with Crippen molar-refractivity contribution in [1.82, 2.24) is 0 Å². The number of anilines is 1. The van der Waals surface area contributed by atoms with E-state index in [-0.39, 0.29) is 0 Å². The van der Waals surface area contributed by atoms with E-state index in [9.17, 15) is 13.2 Å². The average molecular weight is 365 g/mol. The van der Waals surface area contributed by atoms with Gasteiger partial charge in [0.15, 0.2) is 0 Å². The molecule has 0 N–H and O–H groups in total. The van der Waals surface area contributed by atoms with Gasteiger partial charge < -0.3 is 4.90 Å². The summed E-state index contributed by atoms with van der Waals surface area (Å²) in [5.41, 5.74) is 6.72. The lowest BCUT2D eigenvalue weighted by molar-refractivity contribution is -0.137. The topological polar surface area (TPSA) is 3.24 Å². The maximum absolute atomic E-state index is 12.8. The quantitative estimate of drug-likeness (QED) is 0.401. The summed E-state index contributed by atoms with van der Waals surface area (Å²) in [6.45, 7) is 0. The standard InChI is InChI=1S/C23H18F3N/c1-27(2)17-11-12-20-18-5-3-4-6-19(18)21(22(20)14-17)13-15-7-9-16(10-8-15)23(24,25)26/h3-14H,1-2H3/b21-13-. The van der Waals surface area contributed by atoms with Gasteiger partial charge in [0.25, 0.3) is 0 Å². The third kappa shape index (κ3) is 3.12. The third-order valence-corrected chi connectivity index (χ3v) is 4.87. The molecular weight excluding hydrogens is 347 g/mol. The lowest BCUT2D eigenvalue weighted by Crippen LogP contribution is -2.08. The van der Waals surface area contributed by atoms with Crippen LogP contribution in [0.5, 0.6) is 0 Å². The molecule has 0 saturated heterocycles. The Hall–Kier alpha value is -3.01. The van der Waals surface area contributed by atoms with Gasteiger partial charge in [-0.05, 0) is 63.7 Å². The smallest absolute Gasteiger partial charge is 0.378 e. The van der Waals surface area contributed by atoms with Gasteiger partial charge in [-0.15, -0.1) is 0 Å². The van der Waals surface area contributed by atoms with Crippen LogP contribution >= 0.6 is 0 Å². The molecule has 3 aromatic rings. The van der Waals surface area contributed by atoms with E-state index < -0.39 is 11.7 Å². The van der Waals surface area contributed by atoms with Crippen molar-refractivity contribution < 1.29 is 13.2 Å². The van der Waals surface area contributed by atoms with Gasteiger partial charge in [-0.1, -0.05) is 42.5 Å². The van der Waals surface area contributed by atoms with Crippen molar-refractivity contribution in [2.75, 3.05) is 19.0 Å². The first-order valence-corrected chi connectivity index (χ1v) is 8.65. The maximum atomic E-state index is 12.8. The van der Waals surface area contributed by atoms with Gasteiger partial charge in [0.2, 0.25) is 0 Å². The van der Waals surface area contributed by atoms with E-state index in [1.165, 1.54) is 12.1 Å². The molecule has 4 rings (SSSR count). The highest BCUT2D eigenvalue weighted by Gasteiger charge is 2.30. The largest absolute Gasteiger partial charge is 0.416 e. The molecule has 27 heavy (non-hydrogen) atoms. The zero-order valence-corrected chi connectivity index (χ0v) is 15.0. The zero-order valence-electron chi connectivity index (χ0n) is 15.0. The van der Waals surface area contributed by atoms with Gasteiger partial charge >= 0.3 is 6.18 Å². The van der Waals surface area contributed by atoms with Crippen molar-refractivity contribution in [2.45, 2.75) is 6.18 Å². The molecule has 0 aromatic heterocycles. The lowest BCUT2D eigenvalue weighted by Gasteiger charge is -2.14. The van der Waals surface area contributed by atoms with Crippen molar-refractivity contribution in [3.8, 4) is 11.1 Å². The van der Waals surface area contributed by atoms with E-state index in [2.05, 4.69) is 30.3 Å². The molecule has 0 atom stereocenters. The minimum absolute atomic E-state index is 0.633. The zero-order chi connectivity index (χ0) is 19.2. The molecule has 4 heteroatoms. The highest BCUT2D eigenvalue weighted by atomic mass is 19.4. The molecular formula is C23H18F3N. The number of rotatable bonds is 2. The lowest BCUT2D eigenvalue weighted by atomic mass is 10.00. The maximum Gasteiger partial charge on any atom is 0.416 e. The molecule has 0 heterocycles. The first kappa shape index (κ1) is 17.4. The summed E-state index contributed by atoms with van der Waals surface area (Å²) in [6.07, 6.45) is -2.36. The molecule has 1 aliphatic rings. The summed E-state index contributed by atoms with van der Waals surface area (Å²) in [5.74, 6) is 0. The van der Waals surface area contributed by atoms with Gasteiger partial charge in [-0.3, -0.25) is 0 Å². The van der Waals surface area contributed by atoms with Gasteiger partial charge in [-0.2, -0.15) is 13.2 Å². The number of nitrogens with zero attached hydrogens (tertiary/aromatic N) is 1. The van der Waals surface area contributed by atoms with Gasteiger partial charge in [0.1, 0.15) is 0 Å². The highest BCUT2D eigenvalue weighted by molar-refractivity contribution is 6.07. The van der Waals surface area contributed by atoms with E-state index in [1.807, 2.05) is 37.2 Å². The summed E-state index contributed by atoms with van der Waals surface area (Å²) < 4.78 is 38.5. The molecule has 0 aliphatic heterocycles. The molecule has 0 radical (unpaired) electrons. The molecule has 136 valence electrons. The van der Waals surface area contributed by atoms with E-state index in [0.717, 1.165) is 51.2 Å². The van der Waals surface area contributed by atoms with Crippen LogP contribution in [0.15, 0.2) is 66.7 Å². The summed E-state index contributed by atoms with van der Waals surface area (Å²) in [5, 5.41) is 0. The molecule has 0 unspecified atom stereocenters. The second kappa shape index (κ2) is 6.31. The highest BCUT2D eigenvalue weighted by Crippen LogP contribution is 2.46. The molecule has 1 aliphatic carbocycles. The number of benzene rings is 3. The Morgan fingerprint density at radius 3 is 2.00 bits per heavy atom. The Morgan fingerprint density at radius 2 is 1.37 bits per heavy atom. The first-order valence-electron chi connectivity index (χ1n) is 8.65. The number of halogens is 3. The SMILES string of the molecule is CN(C)c1ccc2c(c1)/C(=C\c1ccc(C(F)(F)F)cc1)c1ccccc1-2. The molecule has 0 fully saturated rings. The van der Waals surface area contributed by atoms with Crippen molar-refractivity contribution in [1.29, 1.82) is 0 Å². The van der Waals surface area contributed by atoms with Gasteiger partial charge in [0.05, 0.1) is 5.56 Å². The fourth-order valence-electron chi connectivity index (χ4n) is 3.46. The van der Waals surface area contributed by atoms with E-state index >= 15 is 0 Å². The average Bonchev–Trinajstić information content (AvgIpc) is 2.95. The minimum atomic E-state index is -4.32. The van der Waals surface area contributed by atoms with Gasteiger partial charge in [0, 0.05) is 19.8 Å². The van der Waals surface area contributed by atoms with Crippen molar-refractivity contribution in [2.24, 2.45) is 0 Å². The number of alkyl halides is 3. The van der Waals surface area contributed by atoms with Gasteiger partial charge in [-0.25, -0.2) is 0 Å². The number of hydrogen-bond acceptors (Lipinski definition) is 1. The van der Waals surface area contributed by atoms with Crippen LogP contribution in [-0.4, -0.2) is 14.1 Å². The summed E-state index contributed by atoms with van der Waals surface area (Å²) in [4.78, 5) is 2.04. The number of hydrogen-bond donors (Lipinski definition) is 0. The Labute approximate surface area is 156 Å². The fraction of sp³-hybridized carbons (Fsp3) is 0.130. The van der Waals surface area contributed by atoms with Crippen molar-refractivity contribution in [3.05, 3.63) is 89.0 Å². The van der Waals surface area contributed by atoms with Crippen LogP contribution in [0.2, 0.25) is 0 Å². The Kier molecular flexibility index (Phi) is 4.06. The molecule has 1 nitrogen and oxygen atoms in total. The molecule has 3 aromatic carbocycles. The molecule has 0 spiro atoms. The predicted octanol–water partition coefficient (Wildman–Crippen LogP) is 6.34. The summed E-state index contributed by atoms with van der Waals surface area (Å²) in [7, 11) is 3.98. The fourth-order valence-corrected chi connectivity index (χ4v) is 3.46. The molecule has 0 amide bonds. The van der Waals surface area contributed by atoms with E-state index in [0.29, 0.717) is 0 Å². The monoisotopic (exact) mass is 365 g/mol. The van der Waals surface area contributed by atoms with Crippen molar-refractivity contribution in [3.63, 3.8) is 0 Å². The first-order chi connectivity index (χ1) is 12.8. The Morgan fingerprint density at radius 1 is 0.741 bits per heavy atom. The van der Waals surface area contributed by atoms with E-state index in [4.69, 9.17) is 0 Å². The van der Waals surface area contributed by atoms with E-state index in [1.54, 1.807) is 0 Å². The molecule has 0 saturated carbocycles. The van der Waals surface area contributed by atoms with Crippen LogP contribution in [0.4, 0.5) is 18.9 Å². The third-order valence-electron chi connectivity index (χ3n) is 4.87. The normalized spacial score (nSPS) is 14.2. The Balaban J connectivity index is 1.85. The van der Waals surface area contributed by atoms with Crippen molar-refractivity contribution >= 4 is 17.3 Å². The second-order valence-electron chi connectivity index (χ2n) is 6.85. The summed E-state index contributed by atoms with van der Waals surface area (Å²) in [6, 6.07) is 19.7. The predicted molar refractivity (Wildman–Crippen MR) is 105 cm³/mol. The minimum Gasteiger partial charge on any atom is -0.378 e. The van der Waals surface area contributed by atoms with Crippen LogP contribution in [0.25, 0.3) is 22.8 Å². The summed E-state index contributed by atoms with van der Waals surface area (Å²) >= 11 is 0. The van der Waals surface area contributed by atoms with Crippen LogP contribution < -0.4 is 4.90 Å². The Bertz CT molecular complexity index is 1030. The number of fused-ring (bicyclic) bond motifs is 3. The van der Waals surface area contributed by atoms with Crippen LogP contribution in [0.3, 0.4) is 0 Å². The van der Waals surface area contributed by atoms with Crippen LogP contribution in [0.1, 0.15) is 22.3 Å². The molecule has 0 bridgehead atoms. The van der Waals surface area contributed by atoms with Crippen LogP contribution in [0, 0.1) is 0 Å².